The largest absolute Gasteiger partial charge is 0.378 e. The van der Waals surface area contributed by atoms with E-state index in [2.05, 4.69) is 20.5 Å². The normalized spacial score (nSPS) is 13.6. The van der Waals surface area contributed by atoms with Crippen molar-refractivity contribution in [1.82, 2.24) is 24.3 Å². The van der Waals surface area contributed by atoms with E-state index in [1.54, 1.807) is 24.7 Å². The van der Waals surface area contributed by atoms with E-state index in [-0.39, 0.29) is 29.8 Å². The Labute approximate surface area is 184 Å². The molecule has 0 amide bonds. The van der Waals surface area contributed by atoms with Crippen molar-refractivity contribution >= 4 is 22.2 Å². The lowest BCUT2D eigenvalue weighted by atomic mass is 10.1. The summed E-state index contributed by atoms with van der Waals surface area (Å²) in [5.41, 5.74) is 1.23. The SMILES string of the molecule is CC(C)n1cnnc1-c1cccc(-n2ccc3ccc(NCC(=O)C4CC4)cc3c2=O)n1. The van der Waals surface area contributed by atoms with Crippen LogP contribution in [0.5, 0.6) is 0 Å². The molecule has 1 aliphatic rings. The monoisotopic (exact) mass is 428 g/mol. The average molecular weight is 428 g/mol. The van der Waals surface area contributed by atoms with Gasteiger partial charge in [0.05, 0.1) is 6.54 Å². The number of Topliss-reactive ketones (excluding diaryl/α,β-unsaturated/α-hetero) is 1. The number of carbonyl (C=O) groups is 1. The van der Waals surface area contributed by atoms with Crippen LogP contribution in [0.2, 0.25) is 0 Å². The molecule has 1 aromatic carbocycles. The number of benzene rings is 1. The van der Waals surface area contributed by atoms with Gasteiger partial charge in [0.2, 0.25) is 0 Å². The molecular formula is C24H24N6O2. The van der Waals surface area contributed by atoms with Crippen LogP contribution in [0.3, 0.4) is 0 Å². The van der Waals surface area contributed by atoms with Crippen LogP contribution in [0.15, 0.2) is 59.8 Å². The number of fused-ring (bicyclic) bond motifs is 1. The van der Waals surface area contributed by atoms with E-state index in [9.17, 15) is 9.59 Å². The summed E-state index contributed by atoms with van der Waals surface area (Å²) >= 11 is 0. The Morgan fingerprint density at radius 1 is 1.19 bits per heavy atom. The van der Waals surface area contributed by atoms with Crippen molar-refractivity contribution in [2.24, 2.45) is 5.92 Å². The molecule has 0 spiro atoms. The Hall–Kier alpha value is -3.81. The number of carbonyl (C=O) groups excluding carboxylic acids is 1. The molecule has 0 atom stereocenters. The number of ketones is 1. The lowest BCUT2D eigenvalue weighted by Crippen LogP contribution is -2.19. The summed E-state index contributed by atoms with van der Waals surface area (Å²) in [4.78, 5) is 30.0. The molecule has 3 aromatic heterocycles. The molecule has 5 rings (SSSR count). The summed E-state index contributed by atoms with van der Waals surface area (Å²) in [7, 11) is 0. The molecule has 3 heterocycles. The van der Waals surface area contributed by atoms with Crippen molar-refractivity contribution in [3.8, 4) is 17.3 Å². The third-order valence-electron chi connectivity index (χ3n) is 5.74. The second kappa shape index (κ2) is 8.03. The molecular weight excluding hydrogens is 404 g/mol. The predicted molar refractivity (Wildman–Crippen MR) is 123 cm³/mol. The van der Waals surface area contributed by atoms with Gasteiger partial charge in [-0.25, -0.2) is 4.98 Å². The molecule has 0 radical (unpaired) electrons. The second-order valence-electron chi connectivity index (χ2n) is 8.42. The maximum atomic E-state index is 13.3. The Bertz CT molecular complexity index is 1370. The van der Waals surface area contributed by atoms with Crippen LogP contribution in [-0.4, -0.2) is 36.6 Å². The van der Waals surface area contributed by atoms with Crippen molar-refractivity contribution in [2.45, 2.75) is 32.7 Å². The van der Waals surface area contributed by atoms with Crippen LogP contribution < -0.4 is 10.9 Å². The number of anilines is 1. The molecule has 32 heavy (non-hydrogen) atoms. The number of nitrogens with one attached hydrogen (secondary N) is 1. The molecule has 8 heteroatoms. The summed E-state index contributed by atoms with van der Waals surface area (Å²) in [6, 6.07) is 13.2. The first-order valence-corrected chi connectivity index (χ1v) is 10.8. The van der Waals surface area contributed by atoms with E-state index in [0.29, 0.717) is 22.7 Å². The summed E-state index contributed by atoms with van der Waals surface area (Å²) in [5.74, 6) is 1.60. The second-order valence-corrected chi connectivity index (χ2v) is 8.42. The zero-order valence-corrected chi connectivity index (χ0v) is 18.0. The minimum Gasteiger partial charge on any atom is -0.378 e. The van der Waals surface area contributed by atoms with Gasteiger partial charge in [-0.1, -0.05) is 12.1 Å². The van der Waals surface area contributed by atoms with Crippen LogP contribution in [-0.2, 0) is 4.79 Å². The third-order valence-corrected chi connectivity index (χ3v) is 5.74. The van der Waals surface area contributed by atoms with E-state index in [4.69, 9.17) is 0 Å². The number of nitrogens with zero attached hydrogens (tertiary/aromatic N) is 5. The van der Waals surface area contributed by atoms with E-state index in [0.717, 1.165) is 23.9 Å². The fourth-order valence-corrected chi connectivity index (χ4v) is 3.75. The van der Waals surface area contributed by atoms with Gasteiger partial charge in [-0.3, -0.25) is 14.2 Å². The van der Waals surface area contributed by atoms with Gasteiger partial charge in [-0.2, -0.15) is 0 Å². The van der Waals surface area contributed by atoms with Crippen LogP contribution >= 0.6 is 0 Å². The molecule has 1 saturated carbocycles. The smallest absolute Gasteiger partial charge is 0.264 e. The Morgan fingerprint density at radius 2 is 2.03 bits per heavy atom. The van der Waals surface area contributed by atoms with Crippen LogP contribution in [0, 0.1) is 5.92 Å². The topological polar surface area (TPSA) is 94.7 Å². The van der Waals surface area contributed by atoms with Crippen LogP contribution in [0.25, 0.3) is 28.1 Å². The van der Waals surface area contributed by atoms with Gasteiger partial charge in [-0.05, 0) is 62.4 Å². The van der Waals surface area contributed by atoms with Gasteiger partial charge < -0.3 is 9.88 Å². The molecule has 1 aliphatic carbocycles. The van der Waals surface area contributed by atoms with Crippen LogP contribution in [0.4, 0.5) is 5.69 Å². The lowest BCUT2D eigenvalue weighted by Gasteiger charge is -2.12. The van der Waals surface area contributed by atoms with Crippen molar-refractivity contribution in [3.63, 3.8) is 0 Å². The third kappa shape index (κ3) is 3.79. The van der Waals surface area contributed by atoms with Gasteiger partial charge in [0.15, 0.2) is 11.6 Å². The van der Waals surface area contributed by atoms with E-state index in [1.165, 1.54) is 4.57 Å². The summed E-state index contributed by atoms with van der Waals surface area (Å²) < 4.78 is 3.47. The highest BCUT2D eigenvalue weighted by Crippen LogP contribution is 2.30. The zero-order chi connectivity index (χ0) is 22.2. The maximum Gasteiger partial charge on any atom is 0.264 e. The Kier molecular flexibility index (Phi) is 5.05. The lowest BCUT2D eigenvalue weighted by molar-refractivity contribution is -0.118. The fourth-order valence-electron chi connectivity index (χ4n) is 3.75. The van der Waals surface area contributed by atoms with Gasteiger partial charge in [0.25, 0.3) is 5.56 Å². The molecule has 0 bridgehead atoms. The Balaban J connectivity index is 1.50. The van der Waals surface area contributed by atoms with Gasteiger partial charge in [0, 0.05) is 29.2 Å². The molecule has 0 saturated heterocycles. The highest BCUT2D eigenvalue weighted by atomic mass is 16.1. The minimum absolute atomic E-state index is 0.172. The fraction of sp³-hybridized carbons (Fsp3) is 0.292. The van der Waals surface area contributed by atoms with Gasteiger partial charge in [-0.15, -0.1) is 10.2 Å². The highest BCUT2D eigenvalue weighted by Gasteiger charge is 2.28. The highest BCUT2D eigenvalue weighted by molar-refractivity contribution is 5.89. The number of aromatic nitrogens is 5. The quantitative estimate of drug-likeness (QED) is 0.483. The predicted octanol–water partition coefficient (Wildman–Crippen LogP) is 3.62. The average Bonchev–Trinajstić information content (AvgIpc) is 3.53. The van der Waals surface area contributed by atoms with E-state index >= 15 is 0 Å². The summed E-state index contributed by atoms with van der Waals surface area (Å²) in [6.07, 6.45) is 5.39. The number of hydrogen-bond acceptors (Lipinski definition) is 6. The molecule has 8 nitrogen and oxygen atoms in total. The van der Waals surface area contributed by atoms with E-state index < -0.39 is 0 Å². The first kappa shape index (κ1) is 20.1. The van der Waals surface area contributed by atoms with Crippen molar-refractivity contribution < 1.29 is 4.79 Å². The van der Waals surface area contributed by atoms with Crippen molar-refractivity contribution in [3.05, 3.63) is 65.3 Å². The maximum absolute atomic E-state index is 13.3. The summed E-state index contributed by atoms with van der Waals surface area (Å²) in [5, 5.41) is 12.8. The molecule has 162 valence electrons. The van der Waals surface area contributed by atoms with Gasteiger partial charge >= 0.3 is 0 Å². The van der Waals surface area contributed by atoms with Crippen molar-refractivity contribution in [2.75, 3.05) is 11.9 Å². The molecule has 0 aliphatic heterocycles. The zero-order valence-electron chi connectivity index (χ0n) is 18.0. The molecule has 4 aromatic rings. The van der Waals surface area contributed by atoms with Crippen molar-refractivity contribution in [1.29, 1.82) is 0 Å². The molecule has 1 N–H and O–H groups in total. The van der Waals surface area contributed by atoms with Gasteiger partial charge in [0.1, 0.15) is 17.8 Å². The summed E-state index contributed by atoms with van der Waals surface area (Å²) in [6.45, 7) is 4.39. The van der Waals surface area contributed by atoms with Crippen LogP contribution in [0.1, 0.15) is 32.7 Å². The molecule has 0 unspecified atom stereocenters. The first-order valence-electron chi connectivity index (χ1n) is 10.8. The first-order chi connectivity index (χ1) is 15.5. The van der Waals surface area contributed by atoms with E-state index in [1.807, 2.05) is 48.7 Å². The minimum atomic E-state index is -0.172. The Morgan fingerprint density at radius 3 is 2.81 bits per heavy atom. The molecule has 1 fully saturated rings. The number of hydrogen-bond donors (Lipinski definition) is 1. The number of pyridine rings is 2. The number of rotatable bonds is 7. The standard InChI is InChI=1S/C24H24N6O2/c1-15(2)30-14-26-28-23(30)20-4-3-5-22(27-20)29-11-10-16-8-9-18(12-19(16)24(29)32)25-13-21(31)17-6-7-17/h3-5,8-12,14-15,17,25H,6-7,13H2,1-2H3.